The number of alkyl halides is 3. The molecule has 0 aliphatic heterocycles. The predicted octanol–water partition coefficient (Wildman–Crippen LogP) is 2.15. The van der Waals surface area contributed by atoms with E-state index in [4.69, 9.17) is 0 Å². The number of Topliss-reactive ketones (excluding diaryl/α,β-unsaturated/α-hetero) is 2. The summed E-state index contributed by atoms with van der Waals surface area (Å²) in [6, 6.07) is 0. The zero-order valence-corrected chi connectivity index (χ0v) is 7.61. The topological polar surface area (TPSA) is 34.1 Å². The van der Waals surface area contributed by atoms with Crippen LogP contribution in [-0.4, -0.2) is 16.9 Å². The molecule has 2 nitrogen and oxygen atoms in total. The van der Waals surface area contributed by atoms with Crippen LogP contribution in [0.25, 0.3) is 0 Å². The smallest absolute Gasteiger partial charge is 0.299 e. The van der Waals surface area contributed by atoms with Gasteiger partial charge in [0.05, 0.1) is 5.92 Å². The fourth-order valence-electron chi connectivity index (χ4n) is 1.46. The second kappa shape index (κ2) is 3.70. The first kappa shape index (κ1) is 10.6. The van der Waals surface area contributed by atoms with Gasteiger partial charge in [-0.15, -0.1) is 0 Å². The van der Waals surface area contributed by atoms with Crippen molar-refractivity contribution in [3.8, 4) is 0 Å². The molecule has 0 aromatic heterocycles. The van der Waals surface area contributed by atoms with Gasteiger partial charge in [0.1, 0.15) is 5.78 Å². The number of hydrogen-bond acceptors (Lipinski definition) is 2. The van der Waals surface area contributed by atoms with E-state index in [0.29, 0.717) is 12.8 Å². The summed E-state index contributed by atoms with van der Waals surface area (Å²) in [5.74, 6) is -3.03. The Morgan fingerprint density at radius 2 is 2.08 bits per heavy atom. The molecule has 0 bridgehead atoms. The van der Waals surface area contributed by atoms with Gasteiger partial charge in [-0.1, -0.05) is 6.42 Å². The molecule has 0 radical (unpaired) electrons. The van der Waals surface area contributed by atoms with Crippen LogP contribution in [0.3, 0.4) is 0 Å². The molecule has 0 N–H and O–H groups in total. The molecule has 1 rings (SSSR count). The molecule has 0 aromatic rings. The first-order chi connectivity index (χ1) is 5.93. The molecule has 1 atom stereocenters. The lowest BCUT2D eigenvalue weighted by molar-refractivity contribution is -0.144. The van der Waals surface area contributed by atoms with Gasteiger partial charge in [-0.2, -0.15) is 8.78 Å². The molecule has 1 unspecified atom stereocenters. The predicted molar refractivity (Wildman–Crippen MR) is 42.8 cm³/mol. The van der Waals surface area contributed by atoms with E-state index in [1.54, 1.807) is 0 Å². The minimum Gasteiger partial charge on any atom is -0.299 e. The summed E-state index contributed by atoms with van der Waals surface area (Å²) in [6.07, 6.45) is 1.73. The van der Waals surface area contributed by atoms with Crippen molar-refractivity contribution < 1.29 is 18.4 Å². The Kier molecular flexibility index (Phi) is 3.01. The van der Waals surface area contributed by atoms with Gasteiger partial charge in [0.25, 0.3) is 0 Å². The van der Waals surface area contributed by atoms with Crippen molar-refractivity contribution >= 4 is 23.2 Å². The quantitative estimate of drug-likeness (QED) is 0.517. The van der Waals surface area contributed by atoms with E-state index in [0.717, 1.165) is 0 Å². The first-order valence-corrected chi connectivity index (χ1v) is 4.44. The average molecular weight is 211 g/mol. The van der Waals surface area contributed by atoms with Crippen molar-refractivity contribution in [3.05, 3.63) is 0 Å². The van der Waals surface area contributed by atoms with Gasteiger partial charge in [0.2, 0.25) is 5.78 Å². The third kappa shape index (κ3) is 2.46. The highest BCUT2D eigenvalue weighted by atomic mass is 35.5. The number of rotatable bonds is 2. The van der Waals surface area contributed by atoms with Crippen LogP contribution >= 0.6 is 11.6 Å². The maximum atomic E-state index is 12.3. The first-order valence-electron chi connectivity index (χ1n) is 4.06. The molecule has 0 aromatic carbocycles. The van der Waals surface area contributed by atoms with Gasteiger partial charge >= 0.3 is 5.38 Å². The molecular weight excluding hydrogens is 202 g/mol. The Hall–Kier alpha value is -0.510. The highest BCUT2D eigenvalue weighted by molar-refractivity contribution is 6.34. The van der Waals surface area contributed by atoms with E-state index < -0.39 is 22.9 Å². The summed E-state index contributed by atoms with van der Waals surface area (Å²) in [7, 11) is 0. The van der Waals surface area contributed by atoms with Gasteiger partial charge < -0.3 is 0 Å². The van der Waals surface area contributed by atoms with Crippen molar-refractivity contribution in [2.24, 2.45) is 5.92 Å². The van der Waals surface area contributed by atoms with E-state index in [-0.39, 0.29) is 12.8 Å². The molecule has 74 valence electrons. The summed E-state index contributed by atoms with van der Waals surface area (Å²) in [5, 5.41) is -3.89. The number of carbonyl (C=O) groups excluding carboxylic acids is 2. The van der Waals surface area contributed by atoms with Crippen LogP contribution in [0, 0.1) is 5.92 Å². The molecule has 5 heteroatoms. The molecule has 0 spiro atoms. The Bertz CT molecular complexity index is 235. The van der Waals surface area contributed by atoms with E-state index in [9.17, 15) is 18.4 Å². The second-order valence-electron chi connectivity index (χ2n) is 3.13. The standard InChI is InChI=1S/C8H9ClF2O2/c9-8(10,11)7(13)5-3-1-2-4-6(5)12/h5H,1-4H2. The summed E-state index contributed by atoms with van der Waals surface area (Å²) in [6.45, 7) is 0. The van der Waals surface area contributed by atoms with E-state index in [1.807, 2.05) is 0 Å². The Morgan fingerprint density at radius 1 is 1.46 bits per heavy atom. The summed E-state index contributed by atoms with van der Waals surface area (Å²) in [4.78, 5) is 22.0. The van der Waals surface area contributed by atoms with Crippen LogP contribution in [0.2, 0.25) is 0 Å². The maximum Gasteiger partial charge on any atom is 0.381 e. The zero-order valence-electron chi connectivity index (χ0n) is 6.86. The van der Waals surface area contributed by atoms with Crippen molar-refractivity contribution in [3.63, 3.8) is 0 Å². The Labute approximate surface area is 79.2 Å². The van der Waals surface area contributed by atoms with Gasteiger partial charge in [-0.25, -0.2) is 0 Å². The number of carbonyl (C=O) groups is 2. The third-order valence-electron chi connectivity index (χ3n) is 2.15. The zero-order chi connectivity index (χ0) is 10.1. The summed E-state index contributed by atoms with van der Waals surface area (Å²) >= 11 is 4.55. The maximum absolute atomic E-state index is 12.3. The fourth-order valence-corrected chi connectivity index (χ4v) is 1.59. The minimum absolute atomic E-state index is 0.208. The molecule has 0 amide bonds. The van der Waals surface area contributed by atoms with E-state index in [2.05, 4.69) is 11.6 Å². The van der Waals surface area contributed by atoms with Crippen molar-refractivity contribution in [1.82, 2.24) is 0 Å². The summed E-state index contributed by atoms with van der Waals surface area (Å²) in [5.41, 5.74) is 0. The van der Waals surface area contributed by atoms with Gasteiger partial charge in [0, 0.05) is 6.42 Å². The molecule has 1 aliphatic rings. The normalized spacial score (nSPS) is 24.5. The molecular formula is C8H9ClF2O2. The highest BCUT2D eigenvalue weighted by Crippen LogP contribution is 2.30. The Balaban J connectivity index is 2.70. The summed E-state index contributed by atoms with van der Waals surface area (Å²) < 4.78 is 24.7. The largest absolute Gasteiger partial charge is 0.381 e. The average Bonchev–Trinajstić information content (AvgIpc) is 2.02. The lowest BCUT2D eigenvalue weighted by atomic mass is 9.85. The number of hydrogen-bond donors (Lipinski definition) is 0. The van der Waals surface area contributed by atoms with Crippen molar-refractivity contribution in [2.45, 2.75) is 31.1 Å². The molecule has 0 heterocycles. The van der Waals surface area contributed by atoms with Gasteiger partial charge in [0.15, 0.2) is 0 Å². The molecule has 1 fully saturated rings. The van der Waals surface area contributed by atoms with Gasteiger partial charge in [-0.3, -0.25) is 9.59 Å². The molecule has 0 saturated heterocycles. The van der Waals surface area contributed by atoms with Crippen LogP contribution < -0.4 is 0 Å². The monoisotopic (exact) mass is 210 g/mol. The van der Waals surface area contributed by atoms with E-state index >= 15 is 0 Å². The minimum atomic E-state index is -3.89. The van der Waals surface area contributed by atoms with Crippen LogP contribution in [-0.2, 0) is 9.59 Å². The SMILES string of the molecule is O=C1CCCCC1C(=O)C(F)(F)Cl. The van der Waals surface area contributed by atoms with Crippen LogP contribution in [0.15, 0.2) is 0 Å². The van der Waals surface area contributed by atoms with Crippen LogP contribution in [0.1, 0.15) is 25.7 Å². The van der Waals surface area contributed by atoms with Crippen molar-refractivity contribution in [1.29, 1.82) is 0 Å². The van der Waals surface area contributed by atoms with Crippen molar-refractivity contribution in [2.75, 3.05) is 0 Å². The highest BCUT2D eigenvalue weighted by Gasteiger charge is 2.44. The fraction of sp³-hybridized carbons (Fsp3) is 0.750. The van der Waals surface area contributed by atoms with E-state index in [1.165, 1.54) is 0 Å². The van der Waals surface area contributed by atoms with Crippen LogP contribution in [0.4, 0.5) is 8.78 Å². The molecule has 13 heavy (non-hydrogen) atoms. The number of halogens is 3. The lowest BCUT2D eigenvalue weighted by Gasteiger charge is -2.20. The lowest BCUT2D eigenvalue weighted by Crippen LogP contribution is -2.36. The molecule has 1 saturated carbocycles. The van der Waals surface area contributed by atoms with Gasteiger partial charge in [-0.05, 0) is 24.4 Å². The second-order valence-corrected chi connectivity index (χ2v) is 3.60. The molecule has 1 aliphatic carbocycles. The third-order valence-corrected chi connectivity index (χ3v) is 2.34. The Morgan fingerprint density at radius 3 is 2.54 bits per heavy atom. The van der Waals surface area contributed by atoms with Crippen LogP contribution in [0.5, 0.6) is 0 Å². The number of ketones is 2.